The highest BCUT2D eigenvalue weighted by Gasteiger charge is 2.11. The van der Waals surface area contributed by atoms with E-state index >= 15 is 0 Å². The van der Waals surface area contributed by atoms with Crippen LogP contribution in [0.4, 0.5) is 0 Å². The highest BCUT2D eigenvalue weighted by atomic mass is 16.1. The molecule has 3 N–H and O–H groups in total. The Hall–Kier alpha value is -0.610. The SMILES string of the molecule is CC(N)CCCC(C)C(=O)NCCCN(C)C. The maximum Gasteiger partial charge on any atom is 0.222 e. The van der Waals surface area contributed by atoms with Crippen LogP contribution in [0.3, 0.4) is 0 Å². The van der Waals surface area contributed by atoms with Crippen LogP contribution in [0, 0.1) is 5.92 Å². The summed E-state index contributed by atoms with van der Waals surface area (Å²) in [7, 11) is 4.08. The monoisotopic (exact) mass is 243 g/mol. The maximum atomic E-state index is 11.7. The van der Waals surface area contributed by atoms with Gasteiger partial charge in [0.1, 0.15) is 0 Å². The number of hydrogen-bond acceptors (Lipinski definition) is 3. The number of nitrogens with one attached hydrogen (secondary N) is 1. The zero-order valence-corrected chi connectivity index (χ0v) is 11.8. The Balaban J connectivity index is 3.53. The molecule has 17 heavy (non-hydrogen) atoms. The number of carbonyl (C=O) groups is 1. The molecule has 0 aliphatic heterocycles. The minimum atomic E-state index is 0.105. The van der Waals surface area contributed by atoms with Gasteiger partial charge in [-0.15, -0.1) is 0 Å². The second-order valence-corrected chi connectivity index (χ2v) is 5.26. The Morgan fingerprint density at radius 1 is 1.24 bits per heavy atom. The van der Waals surface area contributed by atoms with Gasteiger partial charge >= 0.3 is 0 Å². The first-order valence-corrected chi connectivity index (χ1v) is 6.61. The molecular weight excluding hydrogens is 214 g/mol. The molecule has 4 heteroatoms. The fourth-order valence-electron chi connectivity index (χ4n) is 1.66. The number of nitrogens with two attached hydrogens (primary N) is 1. The molecule has 1 amide bonds. The summed E-state index contributed by atoms with van der Waals surface area (Å²) in [5.41, 5.74) is 5.68. The molecule has 0 heterocycles. The lowest BCUT2D eigenvalue weighted by atomic mass is 10.0. The molecule has 0 aliphatic rings. The third-order valence-electron chi connectivity index (χ3n) is 2.83. The standard InChI is InChI=1S/C13H29N3O/c1-11(7-5-8-12(2)14)13(17)15-9-6-10-16(3)4/h11-12H,5-10,14H2,1-4H3,(H,15,17). The van der Waals surface area contributed by atoms with Gasteiger partial charge in [-0.3, -0.25) is 4.79 Å². The predicted molar refractivity (Wildman–Crippen MR) is 72.8 cm³/mol. The molecule has 0 rings (SSSR count). The zero-order chi connectivity index (χ0) is 13.3. The van der Waals surface area contributed by atoms with E-state index in [1.807, 2.05) is 27.9 Å². The predicted octanol–water partition coefficient (Wildman–Crippen LogP) is 1.21. The Labute approximate surface area is 106 Å². The Morgan fingerprint density at radius 3 is 2.41 bits per heavy atom. The number of amides is 1. The van der Waals surface area contributed by atoms with E-state index in [0.29, 0.717) is 0 Å². The highest BCUT2D eigenvalue weighted by Crippen LogP contribution is 2.08. The Morgan fingerprint density at radius 2 is 1.88 bits per heavy atom. The van der Waals surface area contributed by atoms with Crippen LogP contribution in [-0.4, -0.2) is 44.0 Å². The molecule has 0 spiro atoms. The molecule has 2 unspecified atom stereocenters. The van der Waals surface area contributed by atoms with Gasteiger partial charge in [0, 0.05) is 18.5 Å². The van der Waals surface area contributed by atoms with Crippen molar-refractivity contribution in [1.29, 1.82) is 0 Å². The van der Waals surface area contributed by atoms with E-state index in [1.54, 1.807) is 0 Å². The van der Waals surface area contributed by atoms with Crippen LogP contribution in [0.15, 0.2) is 0 Å². The van der Waals surface area contributed by atoms with Crippen molar-refractivity contribution in [3.63, 3.8) is 0 Å². The van der Waals surface area contributed by atoms with Crippen molar-refractivity contribution in [3.05, 3.63) is 0 Å². The van der Waals surface area contributed by atoms with Gasteiger partial charge in [0.2, 0.25) is 5.91 Å². The molecular formula is C13H29N3O. The first-order valence-electron chi connectivity index (χ1n) is 6.61. The quantitative estimate of drug-likeness (QED) is 0.598. The van der Waals surface area contributed by atoms with Crippen molar-refractivity contribution in [1.82, 2.24) is 10.2 Å². The van der Waals surface area contributed by atoms with E-state index < -0.39 is 0 Å². The van der Waals surface area contributed by atoms with Crippen LogP contribution in [0.25, 0.3) is 0 Å². The third-order valence-corrected chi connectivity index (χ3v) is 2.83. The van der Waals surface area contributed by atoms with Crippen LogP contribution in [0.1, 0.15) is 39.5 Å². The normalized spacial score (nSPS) is 14.7. The van der Waals surface area contributed by atoms with Gasteiger partial charge in [0.15, 0.2) is 0 Å². The van der Waals surface area contributed by atoms with Crippen molar-refractivity contribution in [2.75, 3.05) is 27.2 Å². The summed E-state index contributed by atoms with van der Waals surface area (Å²) in [5.74, 6) is 0.279. The van der Waals surface area contributed by atoms with E-state index in [4.69, 9.17) is 5.73 Å². The minimum absolute atomic E-state index is 0.105. The third kappa shape index (κ3) is 10.3. The summed E-state index contributed by atoms with van der Waals surface area (Å²) in [6.45, 7) is 5.78. The van der Waals surface area contributed by atoms with Crippen LogP contribution in [0.5, 0.6) is 0 Å². The molecule has 0 saturated heterocycles. The van der Waals surface area contributed by atoms with Gasteiger partial charge in [-0.25, -0.2) is 0 Å². The molecule has 0 saturated carbocycles. The molecule has 0 bridgehead atoms. The highest BCUT2D eigenvalue weighted by molar-refractivity contribution is 5.78. The molecule has 0 radical (unpaired) electrons. The maximum absolute atomic E-state index is 11.7. The summed E-state index contributed by atoms with van der Waals surface area (Å²) < 4.78 is 0. The number of hydrogen-bond donors (Lipinski definition) is 2. The van der Waals surface area contributed by atoms with E-state index in [0.717, 1.165) is 38.8 Å². The van der Waals surface area contributed by atoms with E-state index in [1.165, 1.54) is 0 Å². The minimum Gasteiger partial charge on any atom is -0.356 e. The van der Waals surface area contributed by atoms with Gasteiger partial charge in [-0.05, 0) is 46.8 Å². The smallest absolute Gasteiger partial charge is 0.222 e. The topological polar surface area (TPSA) is 58.4 Å². The average Bonchev–Trinajstić information content (AvgIpc) is 2.23. The lowest BCUT2D eigenvalue weighted by Crippen LogP contribution is -2.31. The van der Waals surface area contributed by atoms with Gasteiger partial charge in [0.25, 0.3) is 0 Å². The molecule has 102 valence electrons. The summed E-state index contributed by atoms with van der Waals surface area (Å²) in [6.07, 6.45) is 3.97. The van der Waals surface area contributed by atoms with E-state index in [9.17, 15) is 4.79 Å². The Kier molecular flexibility index (Phi) is 9.09. The second kappa shape index (κ2) is 9.42. The van der Waals surface area contributed by atoms with Crippen LogP contribution in [0.2, 0.25) is 0 Å². The van der Waals surface area contributed by atoms with Crippen LogP contribution in [-0.2, 0) is 4.79 Å². The largest absolute Gasteiger partial charge is 0.356 e. The summed E-state index contributed by atoms with van der Waals surface area (Å²) in [6, 6.07) is 0.241. The summed E-state index contributed by atoms with van der Waals surface area (Å²) in [4.78, 5) is 13.8. The molecule has 2 atom stereocenters. The number of carbonyl (C=O) groups excluding carboxylic acids is 1. The lowest BCUT2D eigenvalue weighted by Gasteiger charge is -2.14. The summed E-state index contributed by atoms with van der Waals surface area (Å²) >= 11 is 0. The average molecular weight is 243 g/mol. The molecule has 0 fully saturated rings. The number of nitrogens with zero attached hydrogens (tertiary/aromatic N) is 1. The molecule has 0 aromatic heterocycles. The van der Waals surface area contributed by atoms with Crippen LogP contribution < -0.4 is 11.1 Å². The zero-order valence-electron chi connectivity index (χ0n) is 11.8. The second-order valence-electron chi connectivity index (χ2n) is 5.26. The van der Waals surface area contributed by atoms with Gasteiger partial charge in [-0.2, -0.15) is 0 Å². The van der Waals surface area contributed by atoms with Crippen molar-refractivity contribution >= 4 is 5.91 Å². The van der Waals surface area contributed by atoms with Crippen molar-refractivity contribution in [2.24, 2.45) is 11.7 Å². The molecule has 0 aliphatic carbocycles. The Bertz CT molecular complexity index is 205. The first kappa shape index (κ1) is 16.4. The van der Waals surface area contributed by atoms with Gasteiger partial charge in [0.05, 0.1) is 0 Å². The number of rotatable bonds is 9. The molecule has 4 nitrogen and oxygen atoms in total. The van der Waals surface area contributed by atoms with Crippen molar-refractivity contribution in [3.8, 4) is 0 Å². The van der Waals surface area contributed by atoms with Crippen LogP contribution >= 0.6 is 0 Å². The first-order chi connectivity index (χ1) is 7.93. The lowest BCUT2D eigenvalue weighted by molar-refractivity contribution is -0.124. The van der Waals surface area contributed by atoms with Gasteiger partial charge in [-0.1, -0.05) is 13.3 Å². The summed E-state index contributed by atoms with van der Waals surface area (Å²) in [5, 5.41) is 2.98. The van der Waals surface area contributed by atoms with E-state index in [-0.39, 0.29) is 17.9 Å². The van der Waals surface area contributed by atoms with E-state index in [2.05, 4.69) is 10.2 Å². The molecule has 0 aromatic rings. The fourth-order valence-corrected chi connectivity index (χ4v) is 1.66. The van der Waals surface area contributed by atoms with Gasteiger partial charge < -0.3 is 16.0 Å². The fraction of sp³-hybridized carbons (Fsp3) is 0.923. The van der Waals surface area contributed by atoms with Crippen molar-refractivity contribution in [2.45, 2.75) is 45.6 Å². The van der Waals surface area contributed by atoms with Crippen molar-refractivity contribution < 1.29 is 4.79 Å². The molecule has 0 aromatic carbocycles.